The molecule has 0 aliphatic carbocycles. The summed E-state index contributed by atoms with van der Waals surface area (Å²) in [6.45, 7) is 6.27. The molecule has 0 radical (unpaired) electrons. The van der Waals surface area contributed by atoms with Gasteiger partial charge in [0.25, 0.3) is 0 Å². The molecule has 0 amide bonds. The summed E-state index contributed by atoms with van der Waals surface area (Å²) in [7, 11) is 0. The summed E-state index contributed by atoms with van der Waals surface area (Å²) in [5.41, 5.74) is 3.22. The Hall–Kier alpha value is -1.97. The highest BCUT2D eigenvalue weighted by Crippen LogP contribution is 2.24. The topological polar surface area (TPSA) is 47.8 Å². The largest absolute Gasteiger partial charge is 0.298 e. The zero-order valence-electron chi connectivity index (χ0n) is 11.6. The fourth-order valence-corrected chi connectivity index (χ4v) is 2.03. The Bertz CT molecular complexity index is 575. The minimum absolute atomic E-state index is 0.279. The lowest BCUT2D eigenvalue weighted by Crippen LogP contribution is -2.04. The van der Waals surface area contributed by atoms with Gasteiger partial charge < -0.3 is 0 Å². The second kappa shape index (κ2) is 5.78. The van der Waals surface area contributed by atoms with Gasteiger partial charge >= 0.3 is 0 Å². The van der Waals surface area contributed by atoms with Crippen molar-refractivity contribution in [2.75, 3.05) is 0 Å². The Morgan fingerprint density at radius 1 is 1.37 bits per heavy atom. The maximum Gasteiger partial charge on any atom is 0.153 e. The number of pyridine rings is 1. The summed E-state index contributed by atoms with van der Waals surface area (Å²) >= 11 is 0. The van der Waals surface area contributed by atoms with Crippen LogP contribution in [0.1, 0.15) is 49.2 Å². The molecule has 100 valence electrons. The van der Waals surface area contributed by atoms with E-state index in [9.17, 15) is 4.79 Å². The molecule has 0 N–H and O–H groups in total. The Labute approximate surface area is 113 Å². The monoisotopic (exact) mass is 257 g/mol. The predicted octanol–water partition coefficient (Wildman–Crippen LogP) is 3.29. The highest BCUT2D eigenvalue weighted by Gasteiger charge is 2.16. The zero-order chi connectivity index (χ0) is 13.8. The average molecular weight is 257 g/mol. The van der Waals surface area contributed by atoms with Gasteiger partial charge in [-0.1, -0.05) is 19.9 Å². The molecule has 0 saturated heterocycles. The third-order valence-corrected chi connectivity index (χ3v) is 3.43. The van der Waals surface area contributed by atoms with Crippen LogP contribution >= 0.6 is 0 Å². The number of nitrogens with zero attached hydrogens (tertiary/aromatic N) is 3. The van der Waals surface area contributed by atoms with E-state index in [0.717, 1.165) is 30.4 Å². The molecule has 0 fully saturated rings. The van der Waals surface area contributed by atoms with Crippen LogP contribution in [0.2, 0.25) is 0 Å². The Morgan fingerprint density at radius 2 is 2.16 bits per heavy atom. The molecule has 19 heavy (non-hydrogen) atoms. The van der Waals surface area contributed by atoms with Gasteiger partial charge in [0.1, 0.15) is 5.69 Å². The summed E-state index contributed by atoms with van der Waals surface area (Å²) in [4.78, 5) is 15.6. The molecule has 1 unspecified atom stereocenters. The van der Waals surface area contributed by atoms with Crippen molar-refractivity contribution in [1.82, 2.24) is 14.8 Å². The molecule has 2 aromatic heterocycles. The predicted molar refractivity (Wildman–Crippen MR) is 75.2 cm³/mol. The first-order chi connectivity index (χ1) is 9.21. The van der Waals surface area contributed by atoms with Gasteiger partial charge in [-0.3, -0.25) is 14.5 Å². The van der Waals surface area contributed by atoms with E-state index in [1.807, 2.05) is 23.0 Å². The molecule has 0 aliphatic rings. The van der Waals surface area contributed by atoms with Crippen LogP contribution in [0, 0.1) is 0 Å². The second-order valence-electron chi connectivity index (χ2n) is 4.65. The van der Waals surface area contributed by atoms with Crippen LogP contribution in [0.3, 0.4) is 0 Å². The summed E-state index contributed by atoms with van der Waals surface area (Å²) in [6, 6.07) is 4.22. The van der Waals surface area contributed by atoms with E-state index in [1.54, 1.807) is 6.20 Å². The van der Waals surface area contributed by atoms with E-state index in [1.165, 1.54) is 0 Å². The van der Waals surface area contributed by atoms with E-state index < -0.39 is 0 Å². The number of rotatable bonds is 5. The maximum atomic E-state index is 11.2. The van der Waals surface area contributed by atoms with Crippen molar-refractivity contribution in [2.45, 2.75) is 39.7 Å². The highest BCUT2D eigenvalue weighted by atomic mass is 16.1. The first-order valence-corrected chi connectivity index (χ1v) is 6.69. The van der Waals surface area contributed by atoms with Crippen LogP contribution in [0.15, 0.2) is 24.5 Å². The van der Waals surface area contributed by atoms with Crippen molar-refractivity contribution in [3.63, 3.8) is 0 Å². The summed E-state index contributed by atoms with van der Waals surface area (Å²) < 4.78 is 1.85. The van der Waals surface area contributed by atoms with Crippen molar-refractivity contribution >= 4 is 6.29 Å². The number of carbonyl (C=O) groups is 1. The first-order valence-electron chi connectivity index (χ1n) is 6.69. The van der Waals surface area contributed by atoms with Crippen molar-refractivity contribution in [1.29, 1.82) is 0 Å². The van der Waals surface area contributed by atoms with Crippen molar-refractivity contribution < 1.29 is 4.79 Å². The lowest BCUT2D eigenvalue weighted by molar-refractivity contribution is 0.112. The van der Waals surface area contributed by atoms with Gasteiger partial charge in [0.15, 0.2) is 6.29 Å². The van der Waals surface area contributed by atoms with E-state index >= 15 is 0 Å². The molecule has 4 nitrogen and oxygen atoms in total. The fourth-order valence-electron chi connectivity index (χ4n) is 2.03. The van der Waals surface area contributed by atoms with Gasteiger partial charge in [0.2, 0.25) is 0 Å². The number of aromatic nitrogens is 3. The lowest BCUT2D eigenvalue weighted by atomic mass is 10.1. The summed E-state index contributed by atoms with van der Waals surface area (Å²) in [5, 5.41) is 4.55. The third-order valence-electron chi connectivity index (χ3n) is 3.43. The highest BCUT2D eigenvalue weighted by molar-refractivity contribution is 5.85. The van der Waals surface area contributed by atoms with Gasteiger partial charge in [-0.2, -0.15) is 5.10 Å². The molecule has 2 aromatic rings. The van der Waals surface area contributed by atoms with Crippen molar-refractivity contribution in [2.24, 2.45) is 0 Å². The Kier molecular flexibility index (Phi) is 4.10. The third kappa shape index (κ3) is 2.57. The standard InChI is InChI=1S/C15H19N3O/c1-4-11(3)18-9-13(10-19)15(17-18)14-12(5-2)7-6-8-16-14/h6-11H,4-5H2,1-3H3. The van der Waals surface area contributed by atoms with Crippen molar-refractivity contribution in [3.8, 4) is 11.4 Å². The molecule has 0 bridgehead atoms. The van der Waals surface area contributed by atoms with Crippen LogP contribution in [-0.4, -0.2) is 21.1 Å². The molecule has 0 aliphatic heterocycles. The van der Waals surface area contributed by atoms with E-state index in [0.29, 0.717) is 11.3 Å². The molecular weight excluding hydrogens is 238 g/mol. The molecular formula is C15H19N3O. The van der Waals surface area contributed by atoms with Gasteiger partial charge in [0.05, 0.1) is 11.3 Å². The molecule has 2 rings (SSSR count). The van der Waals surface area contributed by atoms with Gasteiger partial charge in [0, 0.05) is 18.4 Å². The molecule has 4 heteroatoms. The Balaban J connectivity index is 2.55. The number of aryl methyl sites for hydroxylation is 1. The molecule has 0 aromatic carbocycles. The normalized spacial score (nSPS) is 12.4. The van der Waals surface area contributed by atoms with Gasteiger partial charge in [-0.05, 0) is 31.4 Å². The van der Waals surface area contributed by atoms with Crippen molar-refractivity contribution in [3.05, 3.63) is 35.7 Å². The molecule has 0 saturated carbocycles. The van der Waals surface area contributed by atoms with Crippen LogP contribution in [0.25, 0.3) is 11.4 Å². The summed E-state index contributed by atoms with van der Waals surface area (Å²) in [6.07, 6.45) is 6.26. The second-order valence-corrected chi connectivity index (χ2v) is 4.65. The van der Waals surface area contributed by atoms with E-state index in [4.69, 9.17) is 0 Å². The molecule has 2 heterocycles. The average Bonchev–Trinajstić information content (AvgIpc) is 2.90. The molecule has 0 spiro atoms. The number of aldehydes is 1. The van der Waals surface area contributed by atoms with Crippen LogP contribution < -0.4 is 0 Å². The molecule has 1 atom stereocenters. The van der Waals surface area contributed by atoms with Crippen LogP contribution in [-0.2, 0) is 6.42 Å². The number of hydrogen-bond donors (Lipinski definition) is 0. The number of hydrogen-bond acceptors (Lipinski definition) is 3. The minimum atomic E-state index is 0.279. The van der Waals surface area contributed by atoms with Gasteiger partial charge in [-0.25, -0.2) is 0 Å². The smallest absolute Gasteiger partial charge is 0.153 e. The number of carbonyl (C=O) groups excluding carboxylic acids is 1. The zero-order valence-corrected chi connectivity index (χ0v) is 11.6. The summed E-state index contributed by atoms with van der Waals surface area (Å²) in [5.74, 6) is 0. The van der Waals surface area contributed by atoms with E-state index in [-0.39, 0.29) is 6.04 Å². The Morgan fingerprint density at radius 3 is 2.79 bits per heavy atom. The lowest BCUT2D eigenvalue weighted by Gasteiger charge is -2.08. The van der Waals surface area contributed by atoms with Gasteiger partial charge in [-0.15, -0.1) is 0 Å². The van der Waals surface area contributed by atoms with Crippen LogP contribution in [0.5, 0.6) is 0 Å². The van der Waals surface area contributed by atoms with Crippen LogP contribution in [0.4, 0.5) is 0 Å². The first kappa shape index (κ1) is 13.5. The fraction of sp³-hybridized carbons (Fsp3) is 0.400. The SMILES string of the molecule is CCc1cccnc1-c1nn(C(C)CC)cc1C=O. The van der Waals surface area contributed by atoms with E-state index in [2.05, 4.69) is 30.9 Å². The maximum absolute atomic E-state index is 11.2. The minimum Gasteiger partial charge on any atom is -0.298 e. The quantitative estimate of drug-likeness (QED) is 0.772.